The smallest absolute Gasteiger partial charge is 0.236 e. The Morgan fingerprint density at radius 2 is 2.00 bits per heavy atom. The molecule has 9 N–H and O–H groups in total. The van der Waals surface area contributed by atoms with Gasteiger partial charge in [0.1, 0.15) is 12.2 Å². The quantitative estimate of drug-likeness (QED) is 0.327. The highest BCUT2D eigenvalue weighted by atomic mass is 16.7. The number of methoxy groups -OCH3 is 1. The van der Waals surface area contributed by atoms with Gasteiger partial charge in [0.15, 0.2) is 6.29 Å². The number of aliphatic hydroxyl groups excluding tert-OH is 1. The number of nitrogens with zero attached hydrogens (tertiary/aromatic N) is 1. The molecule has 0 spiro atoms. The summed E-state index contributed by atoms with van der Waals surface area (Å²) in [7, 11) is 3.10. The lowest BCUT2D eigenvalue weighted by molar-refractivity contribution is -0.257. The fourth-order valence-electron chi connectivity index (χ4n) is 3.92. The molecule has 2 aliphatic rings. The van der Waals surface area contributed by atoms with Crippen LogP contribution in [0.15, 0.2) is 0 Å². The molecule has 1 aliphatic carbocycles. The molecular formula is C17H35N5O5. The van der Waals surface area contributed by atoms with Crippen molar-refractivity contribution in [1.82, 2.24) is 4.90 Å². The van der Waals surface area contributed by atoms with Crippen LogP contribution in [0.25, 0.3) is 0 Å². The molecule has 9 atom stereocenters. The zero-order chi connectivity index (χ0) is 20.3. The van der Waals surface area contributed by atoms with Gasteiger partial charge in [0, 0.05) is 26.2 Å². The van der Waals surface area contributed by atoms with Crippen molar-refractivity contribution in [2.24, 2.45) is 22.9 Å². The van der Waals surface area contributed by atoms with Crippen LogP contribution in [-0.2, 0) is 19.0 Å². The lowest BCUT2D eigenvalue weighted by Gasteiger charge is -2.48. The van der Waals surface area contributed by atoms with Crippen LogP contribution in [0.5, 0.6) is 0 Å². The summed E-state index contributed by atoms with van der Waals surface area (Å²) in [6.45, 7) is 1.70. The van der Waals surface area contributed by atoms with Crippen molar-refractivity contribution in [3.8, 4) is 0 Å². The molecule has 0 aromatic carbocycles. The van der Waals surface area contributed by atoms with Gasteiger partial charge in [-0.15, -0.1) is 0 Å². The molecule has 0 aromatic heterocycles. The molecule has 2 fully saturated rings. The monoisotopic (exact) mass is 389 g/mol. The summed E-state index contributed by atoms with van der Waals surface area (Å²) >= 11 is 0. The number of rotatable bonds is 6. The number of likely N-dealkylation sites (N-methyl/N-ethyl adjacent to an activating group) is 1. The van der Waals surface area contributed by atoms with Crippen molar-refractivity contribution in [1.29, 1.82) is 0 Å². The van der Waals surface area contributed by atoms with E-state index in [0.29, 0.717) is 12.8 Å². The van der Waals surface area contributed by atoms with Crippen molar-refractivity contribution in [3.05, 3.63) is 0 Å². The van der Waals surface area contributed by atoms with Crippen molar-refractivity contribution < 1.29 is 24.1 Å². The predicted molar refractivity (Wildman–Crippen MR) is 99.4 cm³/mol. The number of hydrogen-bond acceptors (Lipinski definition) is 9. The highest BCUT2D eigenvalue weighted by molar-refractivity contribution is 5.78. The van der Waals surface area contributed by atoms with Crippen LogP contribution in [-0.4, -0.2) is 91.5 Å². The second-order valence-corrected chi connectivity index (χ2v) is 7.61. The molecule has 0 aromatic rings. The average Bonchev–Trinajstić information content (AvgIpc) is 2.64. The van der Waals surface area contributed by atoms with Crippen molar-refractivity contribution in [2.75, 3.05) is 20.7 Å². The molecule has 1 saturated heterocycles. The maximum absolute atomic E-state index is 12.1. The average molecular weight is 389 g/mol. The van der Waals surface area contributed by atoms with Gasteiger partial charge >= 0.3 is 0 Å². The molecule has 1 aliphatic heterocycles. The first-order chi connectivity index (χ1) is 12.7. The molecule has 0 radical (unpaired) electrons. The molecule has 1 saturated carbocycles. The third-order valence-corrected chi connectivity index (χ3v) is 5.63. The van der Waals surface area contributed by atoms with Crippen LogP contribution >= 0.6 is 0 Å². The van der Waals surface area contributed by atoms with Crippen molar-refractivity contribution in [3.63, 3.8) is 0 Å². The molecule has 158 valence electrons. The second kappa shape index (κ2) is 9.57. The number of amides is 1. The van der Waals surface area contributed by atoms with Crippen molar-refractivity contribution >= 4 is 5.91 Å². The third-order valence-electron chi connectivity index (χ3n) is 5.63. The van der Waals surface area contributed by atoms with Gasteiger partial charge in [-0.2, -0.15) is 0 Å². The van der Waals surface area contributed by atoms with Crippen LogP contribution in [0.3, 0.4) is 0 Å². The van der Waals surface area contributed by atoms with Gasteiger partial charge in [0.05, 0.1) is 30.8 Å². The largest absolute Gasteiger partial charge is 0.388 e. The number of nitrogens with two attached hydrogens (primary N) is 4. The van der Waals surface area contributed by atoms with E-state index in [2.05, 4.69) is 0 Å². The zero-order valence-corrected chi connectivity index (χ0v) is 16.4. The van der Waals surface area contributed by atoms with Gasteiger partial charge in [0.25, 0.3) is 0 Å². The molecule has 10 nitrogen and oxygen atoms in total. The maximum atomic E-state index is 12.1. The van der Waals surface area contributed by atoms with E-state index < -0.39 is 36.7 Å². The highest BCUT2D eigenvalue weighted by Gasteiger charge is 2.48. The Labute approximate surface area is 160 Å². The summed E-state index contributed by atoms with van der Waals surface area (Å²) in [5, 5.41) is 11.0. The first-order valence-electron chi connectivity index (χ1n) is 9.45. The standard InChI is InChI=1S/C17H35N5O5/c1-8(19)11-5-4-9(20)17(26-11)27-16-10(21)6-12(25-3)14(15(16)24)22(2)13(23)7-18/h8-12,14-17,24H,4-7,18-21H2,1-3H3/t8-,9+,10-,11+,12+,14+,15+,16+,17+/m0/s1. The minimum atomic E-state index is -1.08. The van der Waals surface area contributed by atoms with Gasteiger partial charge in [-0.1, -0.05) is 0 Å². The van der Waals surface area contributed by atoms with Crippen LogP contribution in [0.1, 0.15) is 26.2 Å². The fraction of sp³-hybridized carbons (Fsp3) is 0.941. The molecule has 1 amide bonds. The molecule has 2 rings (SSSR count). The maximum Gasteiger partial charge on any atom is 0.236 e. The Morgan fingerprint density at radius 3 is 2.56 bits per heavy atom. The first kappa shape index (κ1) is 22.4. The summed E-state index contributed by atoms with van der Waals surface area (Å²) in [6, 6.07) is -1.65. The van der Waals surface area contributed by atoms with Gasteiger partial charge in [-0.3, -0.25) is 4.79 Å². The molecule has 0 unspecified atom stereocenters. The Morgan fingerprint density at radius 1 is 1.33 bits per heavy atom. The van der Waals surface area contributed by atoms with Crippen LogP contribution < -0.4 is 22.9 Å². The Balaban J connectivity index is 2.16. The number of ether oxygens (including phenoxy) is 3. The zero-order valence-electron chi connectivity index (χ0n) is 16.4. The summed E-state index contributed by atoms with van der Waals surface area (Å²) in [4.78, 5) is 13.5. The minimum Gasteiger partial charge on any atom is -0.388 e. The van der Waals surface area contributed by atoms with E-state index in [-0.39, 0.29) is 30.6 Å². The van der Waals surface area contributed by atoms with E-state index in [1.807, 2.05) is 6.92 Å². The fourth-order valence-corrected chi connectivity index (χ4v) is 3.92. The van der Waals surface area contributed by atoms with Crippen LogP contribution in [0, 0.1) is 0 Å². The Hall–Kier alpha value is -0.850. The predicted octanol–water partition coefficient (Wildman–Crippen LogP) is -2.56. The topological polar surface area (TPSA) is 172 Å². The summed E-state index contributed by atoms with van der Waals surface area (Å²) in [5.41, 5.74) is 23.8. The van der Waals surface area contributed by atoms with E-state index in [1.165, 1.54) is 12.0 Å². The highest BCUT2D eigenvalue weighted by Crippen LogP contribution is 2.30. The Kier molecular flexibility index (Phi) is 7.95. The van der Waals surface area contributed by atoms with E-state index in [4.69, 9.17) is 37.1 Å². The SMILES string of the molecule is CO[C@@H]1C[C@H](N)[C@@H](O[C@H]2O[C@@H]([C@H](C)N)CC[C@H]2N)[C@H](O)[C@@H]1N(C)C(=O)CN. The van der Waals surface area contributed by atoms with Gasteiger partial charge < -0.3 is 47.2 Å². The lowest BCUT2D eigenvalue weighted by atomic mass is 9.83. The summed E-state index contributed by atoms with van der Waals surface area (Å²) in [6.07, 6.45) is -1.32. The second-order valence-electron chi connectivity index (χ2n) is 7.61. The van der Waals surface area contributed by atoms with Gasteiger partial charge in [0.2, 0.25) is 5.91 Å². The molecule has 0 bridgehead atoms. The molecule has 1 heterocycles. The molecule has 27 heavy (non-hydrogen) atoms. The lowest BCUT2D eigenvalue weighted by Crippen LogP contribution is -2.67. The number of carbonyl (C=O) groups excluding carboxylic acids is 1. The molecule has 10 heteroatoms. The van der Waals surface area contributed by atoms with E-state index in [1.54, 1.807) is 7.05 Å². The number of carbonyl (C=O) groups is 1. The normalized spacial score (nSPS) is 41.2. The summed E-state index contributed by atoms with van der Waals surface area (Å²) < 4.78 is 17.4. The van der Waals surface area contributed by atoms with Crippen LogP contribution in [0.4, 0.5) is 0 Å². The first-order valence-corrected chi connectivity index (χ1v) is 9.45. The van der Waals surface area contributed by atoms with E-state index in [0.717, 1.165) is 6.42 Å². The van der Waals surface area contributed by atoms with E-state index in [9.17, 15) is 9.90 Å². The minimum absolute atomic E-state index is 0.160. The van der Waals surface area contributed by atoms with Gasteiger partial charge in [-0.05, 0) is 26.2 Å². The van der Waals surface area contributed by atoms with Gasteiger partial charge in [-0.25, -0.2) is 0 Å². The molecular weight excluding hydrogens is 354 g/mol. The van der Waals surface area contributed by atoms with Crippen LogP contribution in [0.2, 0.25) is 0 Å². The van der Waals surface area contributed by atoms with Crippen molar-refractivity contribution in [2.45, 2.75) is 81.1 Å². The third kappa shape index (κ3) is 4.96. The van der Waals surface area contributed by atoms with E-state index >= 15 is 0 Å². The summed E-state index contributed by atoms with van der Waals surface area (Å²) in [5.74, 6) is -0.307. The number of aliphatic hydroxyl groups is 1. The number of hydrogen-bond donors (Lipinski definition) is 5. The Bertz CT molecular complexity index is 496.